The Morgan fingerprint density at radius 3 is 2.44 bits per heavy atom. The van der Waals surface area contributed by atoms with E-state index in [0.29, 0.717) is 11.6 Å². The van der Waals surface area contributed by atoms with Crippen molar-refractivity contribution in [2.24, 2.45) is 0 Å². The van der Waals surface area contributed by atoms with Crippen molar-refractivity contribution in [3.63, 3.8) is 0 Å². The average molecular weight is 227 g/mol. The summed E-state index contributed by atoms with van der Waals surface area (Å²) >= 11 is 0. The van der Waals surface area contributed by atoms with Crippen LogP contribution in [0.15, 0.2) is 0 Å². The number of nitrogens with one attached hydrogen (secondary N) is 2. The molecule has 1 aliphatic rings. The number of rotatable bonds is 6. The van der Waals surface area contributed by atoms with Crippen molar-refractivity contribution in [3.8, 4) is 0 Å². The van der Waals surface area contributed by atoms with E-state index in [0.717, 1.165) is 13.1 Å². The van der Waals surface area contributed by atoms with Crippen LogP contribution in [0.4, 0.5) is 0 Å². The Hall–Kier alpha value is -0.120. The highest BCUT2D eigenvalue weighted by Crippen LogP contribution is 2.22. The molecule has 0 radical (unpaired) electrons. The maximum atomic E-state index is 3.46. The van der Waals surface area contributed by atoms with E-state index in [9.17, 15) is 0 Å². The lowest BCUT2D eigenvalue weighted by Crippen LogP contribution is -2.55. The van der Waals surface area contributed by atoms with E-state index in [4.69, 9.17) is 0 Å². The number of hydrogen-bond donors (Lipinski definition) is 2. The van der Waals surface area contributed by atoms with Crippen molar-refractivity contribution < 1.29 is 0 Å². The molecule has 1 rings (SSSR count). The fourth-order valence-corrected chi connectivity index (χ4v) is 2.70. The fraction of sp³-hybridized carbons (Fsp3) is 1.00. The normalized spacial score (nSPS) is 21.0. The molecule has 0 spiro atoms. The Morgan fingerprint density at radius 2 is 1.94 bits per heavy atom. The molecule has 1 unspecified atom stereocenters. The van der Waals surface area contributed by atoms with Crippen LogP contribution in [0.1, 0.15) is 40.0 Å². The monoisotopic (exact) mass is 227 g/mol. The first-order chi connectivity index (χ1) is 7.60. The molecule has 0 saturated carbocycles. The van der Waals surface area contributed by atoms with Crippen molar-refractivity contribution in [1.82, 2.24) is 15.5 Å². The Bertz CT molecular complexity index is 186. The van der Waals surface area contributed by atoms with Gasteiger partial charge >= 0.3 is 0 Å². The third-order valence-electron chi connectivity index (χ3n) is 3.76. The van der Waals surface area contributed by atoms with E-state index in [2.05, 4.69) is 43.4 Å². The summed E-state index contributed by atoms with van der Waals surface area (Å²) in [6.07, 6.45) is 3.80. The molecule has 3 nitrogen and oxygen atoms in total. The zero-order chi connectivity index (χ0) is 12.0. The molecular weight excluding hydrogens is 198 g/mol. The highest BCUT2D eigenvalue weighted by molar-refractivity contribution is 4.88. The zero-order valence-electron chi connectivity index (χ0n) is 11.5. The quantitative estimate of drug-likeness (QED) is 0.719. The van der Waals surface area contributed by atoms with Gasteiger partial charge in [-0.1, -0.05) is 13.3 Å². The van der Waals surface area contributed by atoms with Crippen LogP contribution in [0.5, 0.6) is 0 Å². The van der Waals surface area contributed by atoms with Gasteiger partial charge in [-0.2, -0.15) is 0 Å². The topological polar surface area (TPSA) is 27.3 Å². The van der Waals surface area contributed by atoms with Crippen LogP contribution in [0, 0.1) is 0 Å². The van der Waals surface area contributed by atoms with Crippen molar-refractivity contribution in [1.29, 1.82) is 0 Å². The lowest BCUT2D eigenvalue weighted by molar-refractivity contribution is 0.0851. The number of hydrogen-bond acceptors (Lipinski definition) is 3. The van der Waals surface area contributed by atoms with Crippen LogP contribution in [-0.2, 0) is 0 Å². The van der Waals surface area contributed by atoms with Gasteiger partial charge in [-0.25, -0.2) is 0 Å². The van der Waals surface area contributed by atoms with Gasteiger partial charge in [0, 0.05) is 37.8 Å². The van der Waals surface area contributed by atoms with Gasteiger partial charge in [0.05, 0.1) is 0 Å². The zero-order valence-corrected chi connectivity index (χ0v) is 11.5. The number of nitrogens with zero attached hydrogens (tertiary/aromatic N) is 1. The third-order valence-corrected chi connectivity index (χ3v) is 3.76. The molecule has 3 heteroatoms. The Labute approximate surface area is 101 Å². The molecule has 16 heavy (non-hydrogen) atoms. The molecule has 1 atom stereocenters. The van der Waals surface area contributed by atoms with Gasteiger partial charge in [-0.3, -0.25) is 4.90 Å². The SMILES string of the molecule is CCCC(CC(C)(C)N1CCNCC1)NC. The second-order valence-corrected chi connectivity index (χ2v) is 5.53. The number of piperazine rings is 1. The predicted octanol–water partition coefficient (Wildman–Crippen LogP) is 1.45. The molecule has 0 aromatic rings. The molecule has 1 heterocycles. The maximum Gasteiger partial charge on any atom is 0.0169 e. The lowest BCUT2D eigenvalue weighted by Gasteiger charge is -2.43. The first-order valence-corrected chi connectivity index (χ1v) is 6.73. The summed E-state index contributed by atoms with van der Waals surface area (Å²) in [5, 5.41) is 6.88. The van der Waals surface area contributed by atoms with Gasteiger partial charge in [-0.05, 0) is 33.7 Å². The van der Waals surface area contributed by atoms with Crippen molar-refractivity contribution >= 4 is 0 Å². The minimum absolute atomic E-state index is 0.324. The molecule has 0 aromatic carbocycles. The van der Waals surface area contributed by atoms with E-state index >= 15 is 0 Å². The van der Waals surface area contributed by atoms with Gasteiger partial charge < -0.3 is 10.6 Å². The van der Waals surface area contributed by atoms with Gasteiger partial charge in [0.2, 0.25) is 0 Å². The summed E-state index contributed by atoms with van der Waals surface area (Å²) in [7, 11) is 2.09. The molecule has 2 N–H and O–H groups in total. The van der Waals surface area contributed by atoms with E-state index in [1.54, 1.807) is 0 Å². The first-order valence-electron chi connectivity index (χ1n) is 6.73. The molecule has 96 valence electrons. The summed E-state index contributed by atoms with van der Waals surface area (Å²) in [5.74, 6) is 0. The minimum atomic E-state index is 0.324. The summed E-state index contributed by atoms with van der Waals surface area (Å²) in [5.41, 5.74) is 0.324. The minimum Gasteiger partial charge on any atom is -0.317 e. The van der Waals surface area contributed by atoms with Gasteiger partial charge in [0.25, 0.3) is 0 Å². The van der Waals surface area contributed by atoms with Crippen molar-refractivity contribution in [3.05, 3.63) is 0 Å². The van der Waals surface area contributed by atoms with Crippen LogP contribution in [0.3, 0.4) is 0 Å². The van der Waals surface area contributed by atoms with Crippen LogP contribution >= 0.6 is 0 Å². The second kappa shape index (κ2) is 6.58. The largest absolute Gasteiger partial charge is 0.317 e. The van der Waals surface area contributed by atoms with Gasteiger partial charge in [0.15, 0.2) is 0 Å². The maximum absolute atomic E-state index is 3.46. The summed E-state index contributed by atoms with van der Waals surface area (Å²) in [4.78, 5) is 2.63. The third kappa shape index (κ3) is 4.04. The summed E-state index contributed by atoms with van der Waals surface area (Å²) in [6, 6.07) is 0.662. The van der Waals surface area contributed by atoms with E-state index in [1.807, 2.05) is 0 Å². The van der Waals surface area contributed by atoms with Crippen LogP contribution in [-0.4, -0.2) is 49.7 Å². The molecule has 1 saturated heterocycles. The average Bonchev–Trinajstić information content (AvgIpc) is 2.29. The van der Waals surface area contributed by atoms with E-state index in [-0.39, 0.29) is 0 Å². The molecule has 0 bridgehead atoms. The molecule has 0 aromatic heterocycles. The van der Waals surface area contributed by atoms with Crippen LogP contribution < -0.4 is 10.6 Å². The Kier molecular flexibility index (Phi) is 5.73. The summed E-state index contributed by atoms with van der Waals surface area (Å²) in [6.45, 7) is 11.7. The van der Waals surface area contributed by atoms with Crippen molar-refractivity contribution in [2.75, 3.05) is 33.2 Å². The van der Waals surface area contributed by atoms with Crippen LogP contribution in [0.25, 0.3) is 0 Å². The molecular formula is C13H29N3. The smallest absolute Gasteiger partial charge is 0.0169 e. The van der Waals surface area contributed by atoms with Gasteiger partial charge in [-0.15, -0.1) is 0 Å². The standard InChI is InChI=1S/C13H29N3/c1-5-6-12(14-4)11-13(2,3)16-9-7-15-8-10-16/h12,14-15H,5-11H2,1-4H3. The summed E-state index contributed by atoms with van der Waals surface area (Å²) < 4.78 is 0. The highest BCUT2D eigenvalue weighted by atomic mass is 15.2. The van der Waals surface area contributed by atoms with E-state index in [1.165, 1.54) is 32.4 Å². The highest BCUT2D eigenvalue weighted by Gasteiger charge is 2.29. The Morgan fingerprint density at radius 1 is 1.31 bits per heavy atom. The molecule has 1 fully saturated rings. The van der Waals surface area contributed by atoms with E-state index < -0.39 is 0 Å². The van der Waals surface area contributed by atoms with Gasteiger partial charge in [0.1, 0.15) is 0 Å². The Balaban J connectivity index is 2.47. The molecule has 0 aliphatic carbocycles. The first kappa shape index (κ1) is 13.9. The second-order valence-electron chi connectivity index (χ2n) is 5.53. The molecule has 0 amide bonds. The molecule has 1 aliphatic heterocycles. The predicted molar refractivity (Wildman–Crippen MR) is 70.9 cm³/mol. The fourth-order valence-electron chi connectivity index (χ4n) is 2.70. The van der Waals surface area contributed by atoms with Crippen molar-refractivity contribution in [2.45, 2.75) is 51.6 Å². The lowest BCUT2D eigenvalue weighted by atomic mass is 9.90. The van der Waals surface area contributed by atoms with Crippen LogP contribution in [0.2, 0.25) is 0 Å².